The lowest BCUT2D eigenvalue weighted by atomic mass is 10.2. The van der Waals surface area contributed by atoms with E-state index in [1.54, 1.807) is 30.3 Å². The average Bonchev–Trinajstić information content (AvgIpc) is 2.77. The molecular weight excluding hydrogens is 294 g/mol. The molecule has 2 aromatic rings. The third-order valence-corrected chi connectivity index (χ3v) is 2.49. The van der Waals surface area contributed by atoms with Gasteiger partial charge in [0.2, 0.25) is 12.2 Å². The van der Waals surface area contributed by atoms with E-state index in [1.165, 1.54) is 6.92 Å². The average molecular weight is 307 g/mol. The molecule has 22 heavy (non-hydrogen) atoms. The summed E-state index contributed by atoms with van der Waals surface area (Å²) in [5.74, 6) is -1.90. The summed E-state index contributed by atoms with van der Waals surface area (Å²) in [6.07, 6.45) is -2.41. The molecule has 3 N–H and O–H groups in total. The maximum absolute atomic E-state index is 11.7. The van der Waals surface area contributed by atoms with Crippen LogP contribution in [-0.4, -0.2) is 33.6 Å². The number of H-pyrrole nitrogens is 1. The van der Waals surface area contributed by atoms with Crippen molar-refractivity contribution in [1.82, 2.24) is 4.98 Å². The third kappa shape index (κ3) is 3.92. The van der Waals surface area contributed by atoms with Crippen molar-refractivity contribution in [3.63, 3.8) is 0 Å². The lowest BCUT2D eigenvalue weighted by molar-refractivity contribution is -0.0718. The van der Waals surface area contributed by atoms with E-state index in [0.29, 0.717) is 5.56 Å². The summed E-state index contributed by atoms with van der Waals surface area (Å²) in [4.78, 5) is 25.3. The lowest BCUT2D eigenvalue weighted by Crippen LogP contribution is -2.23. The minimum absolute atomic E-state index is 0.305. The van der Waals surface area contributed by atoms with Crippen LogP contribution in [0, 0.1) is 0 Å². The Bertz CT molecular complexity index is 665. The number of aromatic hydroxyl groups is 2. The maximum Gasteiger partial charge on any atom is 0.517 e. The molecular formula is C14H13NO7. The predicted molar refractivity (Wildman–Crippen MR) is 72.6 cm³/mol. The second kappa shape index (κ2) is 6.53. The van der Waals surface area contributed by atoms with Crippen LogP contribution in [0.25, 0.3) is 0 Å². The first-order chi connectivity index (χ1) is 10.5. The fraction of sp³-hybridized carbons (Fsp3) is 0.143. The van der Waals surface area contributed by atoms with Crippen LogP contribution in [0.1, 0.15) is 17.3 Å². The third-order valence-electron chi connectivity index (χ3n) is 2.49. The SMILES string of the molecule is CC(OC(=O)Oc1cc(O)[nH]c1O)OC(=O)c1ccccc1. The molecule has 0 saturated carbocycles. The Labute approximate surface area is 124 Å². The van der Waals surface area contributed by atoms with Gasteiger partial charge in [0.25, 0.3) is 0 Å². The Morgan fingerprint density at radius 2 is 1.82 bits per heavy atom. The fourth-order valence-corrected chi connectivity index (χ4v) is 1.56. The molecule has 0 bridgehead atoms. The number of hydrogen-bond acceptors (Lipinski definition) is 7. The van der Waals surface area contributed by atoms with Gasteiger partial charge in [0.15, 0.2) is 11.6 Å². The van der Waals surface area contributed by atoms with Crippen LogP contribution in [0.3, 0.4) is 0 Å². The molecule has 2 rings (SSSR count). The van der Waals surface area contributed by atoms with Crippen LogP contribution in [0.5, 0.6) is 17.5 Å². The van der Waals surface area contributed by atoms with Crippen molar-refractivity contribution >= 4 is 12.1 Å². The number of carbonyl (C=O) groups is 2. The number of nitrogens with one attached hydrogen (secondary N) is 1. The fourth-order valence-electron chi connectivity index (χ4n) is 1.56. The first-order valence-corrected chi connectivity index (χ1v) is 6.21. The summed E-state index contributed by atoms with van der Waals surface area (Å²) >= 11 is 0. The lowest BCUT2D eigenvalue weighted by Gasteiger charge is -2.13. The Morgan fingerprint density at radius 3 is 2.41 bits per heavy atom. The summed E-state index contributed by atoms with van der Waals surface area (Å²) in [5.41, 5.74) is 0.305. The zero-order chi connectivity index (χ0) is 16.1. The van der Waals surface area contributed by atoms with Gasteiger partial charge in [0.05, 0.1) is 5.56 Å². The molecule has 116 valence electrons. The van der Waals surface area contributed by atoms with Gasteiger partial charge in [-0.15, -0.1) is 0 Å². The van der Waals surface area contributed by atoms with Crippen LogP contribution in [0.2, 0.25) is 0 Å². The standard InChI is InChI=1S/C14H13NO7/c1-8(20-13(18)9-5-3-2-4-6-9)21-14(19)22-10-7-11(16)15-12(10)17/h2-8,15-17H,1H3. The normalized spacial score (nSPS) is 11.5. The molecule has 1 unspecified atom stereocenters. The molecule has 0 amide bonds. The van der Waals surface area contributed by atoms with Crippen molar-refractivity contribution in [2.45, 2.75) is 13.2 Å². The number of rotatable bonds is 4. The minimum Gasteiger partial charge on any atom is -0.494 e. The number of benzene rings is 1. The van der Waals surface area contributed by atoms with Crippen LogP contribution >= 0.6 is 0 Å². The zero-order valence-corrected chi connectivity index (χ0v) is 11.5. The first-order valence-electron chi connectivity index (χ1n) is 6.21. The second-order valence-electron chi connectivity index (χ2n) is 4.18. The van der Waals surface area contributed by atoms with Crippen LogP contribution < -0.4 is 4.74 Å². The highest BCUT2D eigenvalue weighted by atomic mass is 16.8. The van der Waals surface area contributed by atoms with Crippen LogP contribution in [0.4, 0.5) is 4.79 Å². The molecule has 1 heterocycles. The molecule has 0 aliphatic carbocycles. The van der Waals surface area contributed by atoms with Gasteiger partial charge in [0, 0.05) is 13.0 Å². The molecule has 0 aliphatic heterocycles. The smallest absolute Gasteiger partial charge is 0.494 e. The van der Waals surface area contributed by atoms with Gasteiger partial charge in [-0.3, -0.25) is 4.98 Å². The summed E-state index contributed by atoms with van der Waals surface area (Å²) in [7, 11) is 0. The molecule has 0 fully saturated rings. The van der Waals surface area contributed by atoms with Gasteiger partial charge in [-0.05, 0) is 12.1 Å². The number of ether oxygens (including phenoxy) is 3. The topological polar surface area (TPSA) is 118 Å². The van der Waals surface area contributed by atoms with E-state index >= 15 is 0 Å². The summed E-state index contributed by atoms with van der Waals surface area (Å²) in [6, 6.07) is 9.15. The summed E-state index contributed by atoms with van der Waals surface area (Å²) in [5, 5.41) is 18.3. The maximum atomic E-state index is 11.7. The van der Waals surface area contributed by atoms with Gasteiger partial charge in [0.1, 0.15) is 0 Å². The second-order valence-corrected chi connectivity index (χ2v) is 4.18. The van der Waals surface area contributed by atoms with Crippen molar-refractivity contribution in [1.29, 1.82) is 0 Å². The monoisotopic (exact) mass is 307 g/mol. The van der Waals surface area contributed by atoms with Crippen molar-refractivity contribution in [3.05, 3.63) is 42.0 Å². The van der Waals surface area contributed by atoms with E-state index < -0.39 is 24.3 Å². The molecule has 1 aromatic carbocycles. The van der Waals surface area contributed by atoms with Gasteiger partial charge in [-0.2, -0.15) is 0 Å². The van der Waals surface area contributed by atoms with Gasteiger partial charge < -0.3 is 24.4 Å². The van der Waals surface area contributed by atoms with Crippen LogP contribution in [0.15, 0.2) is 36.4 Å². The highest BCUT2D eigenvalue weighted by Gasteiger charge is 2.19. The number of hydrogen-bond donors (Lipinski definition) is 3. The molecule has 8 nitrogen and oxygen atoms in total. The minimum atomic E-state index is -1.21. The van der Waals surface area contributed by atoms with Crippen LogP contribution in [-0.2, 0) is 9.47 Å². The predicted octanol–water partition coefficient (Wildman–Crippen LogP) is 2.14. The molecule has 8 heteroatoms. The Balaban J connectivity index is 1.86. The molecule has 0 radical (unpaired) electrons. The van der Waals surface area contributed by atoms with Gasteiger partial charge >= 0.3 is 12.1 Å². The number of esters is 1. The summed E-state index contributed by atoms with van der Waals surface area (Å²) < 4.78 is 14.2. The highest BCUT2D eigenvalue weighted by Crippen LogP contribution is 2.29. The van der Waals surface area contributed by atoms with E-state index in [-0.39, 0.29) is 11.6 Å². The zero-order valence-electron chi connectivity index (χ0n) is 11.5. The molecule has 1 aromatic heterocycles. The van der Waals surface area contributed by atoms with Crippen molar-refractivity contribution in [2.75, 3.05) is 0 Å². The van der Waals surface area contributed by atoms with E-state index in [0.717, 1.165) is 6.07 Å². The molecule has 0 aliphatic rings. The quantitative estimate of drug-likeness (QED) is 0.585. The largest absolute Gasteiger partial charge is 0.517 e. The highest BCUT2D eigenvalue weighted by molar-refractivity contribution is 5.89. The molecule has 0 saturated heterocycles. The van der Waals surface area contributed by atoms with Crippen molar-refractivity contribution in [3.8, 4) is 17.5 Å². The Morgan fingerprint density at radius 1 is 1.14 bits per heavy atom. The Kier molecular flexibility index (Phi) is 4.52. The first kappa shape index (κ1) is 15.2. The van der Waals surface area contributed by atoms with Gasteiger partial charge in [-0.1, -0.05) is 18.2 Å². The van der Waals surface area contributed by atoms with Crippen molar-refractivity contribution < 1.29 is 34.0 Å². The number of aromatic amines is 1. The van der Waals surface area contributed by atoms with E-state index in [1.807, 2.05) is 0 Å². The van der Waals surface area contributed by atoms with E-state index in [9.17, 15) is 14.7 Å². The van der Waals surface area contributed by atoms with E-state index in [2.05, 4.69) is 9.72 Å². The van der Waals surface area contributed by atoms with E-state index in [4.69, 9.17) is 14.6 Å². The van der Waals surface area contributed by atoms with Crippen molar-refractivity contribution in [2.24, 2.45) is 0 Å². The molecule has 1 atom stereocenters. The van der Waals surface area contributed by atoms with Gasteiger partial charge in [-0.25, -0.2) is 9.59 Å². The molecule has 0 spiro atoms. The number of carbonyl (C=O) groups excluding carboxylic acids is 2. The Hall–Kier alpha value is -3.16. The summed E-state index contributed by atoms with van der Waals surface area (Å²) in [6.45, 7) is 1.33. The number of aromatic nitrogens is 1.